The van der Waals surface area contributed by atoms with Crippen molar-refractivity contribution in [1.82, 2.24) is 0 Å². The molecule has 4 rings (SSSR count). The van der Waals surface area contributed by atoms with Gasteiger partial charge in [0.05, 0.1) is 0 Å². The third-order valence-electron chi connectivity index (χ3n) is 4.96. The summed E-state index contributed by atoms with van der Waals surface area (Å²) in [5.74, 6) is 0. The van der Waals surface area contributed by atoms with E-state index in [4.69, 9.17) is 5.73 Å². The first-order valence-corrected chi connectivity index (χ1v) is 9.30. The maximum atomic E-state index is 5.90. The summed E-state index contributed by atoms with van der Waals surface area (Å²) < 4.78 is 0. The van der Waals surface area contributed by atoms with Gasteiger partial charge in [0, 0.05) is 5.69 Å². The first kappa shape index (κ1) is 17.1. The molecule has 3 aromatic carbocycles. The number of anilines is 1. The molecular formula is C26H23N. The molecule has 1 nitrogen and oxygen atoms in total. The van der Waals surface area contributed by atoms with E-state index < -0.39 is 0 Å². The topological polar surface area (TPSA) is 26.0 Å². The molecule has 0 radical (unpaired) electrons. The summed E-state index contributed by atoms with van der Waals surface area (Å²) in [6.07, 6.45) is 9.81. The van der Waals surface area contributed by atoms with Gasteiger partial charge in [-0.3, -0.25) is 0 Å². The van der Waals surface area contributed by atoms with E-state index in [1.54, 1.807) is 0 Å². The predicted molar refractivity (Wildman–Crippen MR) is 117 cm³/mol. The fraction of sp³-hybridized carbons (Fsp3) is 0.0769. The molecule has 0 fully saturated rings. The monoisotopic (exact) mass is 349 g/mol. The maximum Gasteiger partial charge on any atom is 0.0320 e. The highest BCUT2D eigenvalue weighted by atomic mass is 14.5. The van der Waals surface area contributed by atoms with E-state index in [2.05, 4.69) is 85.8 Å². The van der Waals surface area contributed by atoms with Crippen LogP contribution in [0.1, 0.15) is 18.9 Å². The molecule has 0 amide bonds. The highest BCUT2D eigenvalue weighted by Crippen LogP contribution is 2.28. The normalized spacial score (nSPS) is 13.7. The number of hydrogen-bond donors (Lipinski definition) is 1. The third-order valence-corrected chi connectivity index (χ3v) is 4.96. The molecule has 0 unspecified atom stereocenters. The molecule has 0 saturated heterocycles. The quantitative estimate of drug-likeness (QED) is 0.512. The molecule has 0 aliphatic heterocycles. The van der Waals surface area contributed by atoms with Crippen LogP contribution in [0, 0.1) is 0 Å². The van der Waals surface area contributed by atoms with Crippen molar-refractivity contribution in [2.75, 3.05) is 5.73 Å². The van der Waals surface area contributed by atoms with Gasteiger partial charge < -0.3 is 5.73 Å². The Labute approximate surface area is 161 Å². The van der Waals surface area contributed by atoms with Crippen molar-refractivity contribution in [1.29, 1.82) is 0 Å². The van der Waals surface area contributed by atoms with Crippen molar-refractivity contribution in [3.8, 4) is 22.3 Å². The second kappa shape index (κ2) is 7.51. The van der Waals surface area contributed by atoms with Crippen molar-refractivity contribution in [2.45, 2.75) is 13.3 Å². The van der Waals surface area contributed by atoms with Gasteiger partial charge in [-0.15, -0.1) is 0 Å². The summed E-state index contributed by atoms with van der Waals surface area (Å²) >= 11 is 0. The van der Waals surface area contributed by atoms with Gasteiger partial charge in [0.25, 0.3) is 0 Å². The lowest BCUT2D eigenvalue weighted by Crippen LogP contribution is -1.86. The predicted octanol–water partition coefficient (Wildman–Crippen LogP) is 6.89. The first-order chi connectivity index (χ1) is 13.2. The van der Waals surface area contributed by atoms with Crippen molar-refractivity contribution in [2.24, 2.45) is 0 Å². The van der Waals surface area contributed by atoms with Crippen molar-refractivity contribution in [3.05, 3.63) is 108 Å². The Kier molecular flexibility index (Phi) is 4.76. The van der Waals surface area contributed by atoms with Gasteiger partial charge in [0.2, 0.25) is 0 Å². The number of rotatable bonds is 3. The zero-order chi connectivity index (χ0) is 18.6. The molecule has 1 aliphatic rings. The fourth-order valence-corrected chi connectivity index (χ4v) is 3.37. The van der Waals surface area contributed by atoms with E-state index in [1.165, 1.54) is 33.4 Å². The Bertz CT molecular complexity index is 1030. The molecule has 0 bridgehead atoms. The van der Waals surface area contributed by atoms with Crippen LogP contribution in [0.2, 0.25) is 0 Å². The average Bonchev–Trinajstić information content (AvgIpc) is 2.93. The Balaban J connectivity index is 1.56. The Morgan fingerprint density at radius 3 is 1.93 bits per heavy atom. The summed E-state index contributed by atoms with van der Waals surface area (Å²) in [5, 5.41) is 0. The summed E-state index contributed by atoms with van der Waals surface area (Å²) in [6, 6.07) is 25.5. The molecule has 0 saturated carbocycles. The van der Waals surface area contributed by atoms with Crippen molar-refractivity contribution < 1.29 is 0 Å². The van der Waals surface area contributed by atoms with E-state index in [-0.39, 0.29) is 0 Å². The Morgan fingerprint density at radius 2 is 1.30 bits per heavy atom. The van der Waals surface area contributed by atoms with Crippen molar-refractivity contribution in [3.63, 3.8) is 0 Å². The lowest BCUT2D eigenvalue weighted by atomic mass is 9.97. The second-order valence-corrected chi connectivity index (χ2v) is 7.02. The SMILES string of the molecule is CC1=CC=CC(c2ccc(-c3ccc(-c4cccc(N)c4)cc3)cc2)=CC1. The Hall–Kier alpha value is -3.32. The smallest absolute Gasteiger partial charge is 0.0320 e. The van der Waals surface area contributed by atoms with Crippen LogP contribution in [-0.2, 0) is 0 Å². The summed E-state index contributed by atoms with van der Waals surface area (Å²) in [7, 11) is 0. The minimum Gasteiger partial charge on any atom is -0.399 e. The summed E-state index contributed by atoms with van der Waals surface area (Å²) in [5.41, 5.74) is 15.4. The standard InChI is InChI=1S/C26H23N/c1-19-4-2-5-20(9-8-19)21-10-12-22(13-11-21)23-14-16-24(17-15-23)25-6-3-7-26(27)18-25/h2-7,9-18H,8,27H2,1H3. The van der Waals surface area contributed by atoms with Crippen LogP contribution in [0.15, 0.2) is 103 Å². The summed E-state index contributed by atoms with van der Waals surface area (Å²) in [6.45, 7) is 2.17. The minimum atomic E-state index is 0.791. The van der Waals surface area contributed by atoms with Crippen LogP contribution in [0.25, 0.3) is 27.8 Å². The average molecular weight is 349 g/mol. The van der Waals surface area contributed by atoms with Gasteiger partial charge in [-0.1, -0.05) is 90.5 Å². The van der Waals surface area contributed by atoms with Gasteiger partial charge in [-0.05, 0) is 58.9 Å². The molecule has 0 heterocycles. The molecular weight excluding hydrogens is 326 g/mol. The van der Waals surface area contributed by atoms with Gasteiger partial charge in [0.1, 0.15) is 0 Å². The highest BCUT2D eigenvalue weighted by Gasteiger charge is 2.04. The largest absolute Gasteiger partial charge is 0.399 e. The number of hydrogen-bond acceptors (Lipinski definition) is 1. The zero-order valence-electron chi connectivity index (χ0n) is 15.5. The van der Waals surface area contributed by atoms with E-state index in [0.717, 1.165) is 17.7 Å². The first-order valence-electron chi connectivity index (χ1n) is 9.30. The molecule has 3 aromatic rings. The van der Waals surface area contributed by atoms with Crippen LogP contribution in [-0.4, -0.2) is 0 Å². The number of nitrogens with two attached hydrogens (primary N) is 1. The van der Waals surface area contributed by atoms with E-state index in [1.807, 2.05) is 18.2 Å². The van der Waals surface area contributed by atoms with Crippen molar-refractivity contribution >= 4 is 11.3 Å². The Morgan fingerprint density at radius 1 is 0.704 bits per heavy atom. The molecule has 0 spiro atoms. The van der Waals surface area contributed by atoms with Gasteiger partial charge in [0.15, 0.2) is 0 Å². The molecule has 0 atom stereocenters. The van der Waals surface area contributed by atoms with E-state index >= 15 is 0 Å². The molecule has 1 aliphatic carbocycles. The zero-order valence-corrected chi connectivity index (χ0v) is 15.5. The molecule has 27 heavy (non-hydrogen) atoms. The van der Waals surface area contributed by atoms with Crippen LogP contribution in [0.5, 0.6) is 0 Å². The number of nitrogen functional groups attached to an aromatic ring is 1. The van der Waals surface area contributed by atoms with Crippen LogP contribution in [0.3, 0.4) is 0 Å². The maximum absolute atomic E-state index is 5.90. The highest BCUT2D eigenvalue weighted by molar-refractivity contribution is 5.78. The van der Waals surface area contributed by atoms with E-state index in [9.17, 15) is 0 Å². The van der Waals surface area contributed by atoms with Gasteiger partial charge in [-0.25, -0.2) is 0 Å². The molecule has 0 aromatic heterocycles. The minimum absolute atomic E-state index is 0.791. The fourth-order valence-electron chi connectivity index (χ4n) is 3.37. The second-order valence-electron chi connectivity index (χ2n) is 7.02. The van der Waals surface area contributed by atoms with E-state index in [0.29, 0.717) is 0 Å². The molecule has 2 N–H and O–H groups in total. The number of allylic oxidation sites excluding steroid dienone is 6. The van der Waals surface area contributed by atoms with Crippen LogP contribution in [0.4, 0.5) is 5.69 Å². The molecule has 132 valence electrons. The summed E-state index contributed by atoms with van der Waals surface area (Å²) in [4.78, 5) is 0. The lowest BCUT2D eigenvalue weighted by molar-refractivity contribution is 1.22. The number of benzene rings is 3. The van der Waals surface area contributed by atoms with Gasteiger partial charge in [-0.2, -0.15) is 0 Å². The molecule has 1 heteroatoms. The van der Waals surface area contributed by atoms with Crippen LogP contribution >= 0.6 is 0 Å². The third kappa shape index (κ3) is 3.93. The van der Waals surface area contributed by atoms with Crippen LogP contribution < -0.4 is 5.73 Å². The lowest BCUT2D eigenvalue weighted by Gasteiger charge is -2.08. The van der Waals surface area contributed by atoms with Gasteiger partial charge >= 0.3 is 0 Å².